The summed E-state index contributed by atoms with van der Waals surface area (Å²) < 4.78 is 23.2. The summed E-state index contributed by atoms with van der Waals surface area (Å²) in [5.74, 6) is 0.142. The van der Waals surface area contributed by atoms with Gasteiger partial charge in [0.25, 0.3) is 0 Å². The van der Waals surface area contributed by atoms with E-state index in [0.717, 1.165) is 17.6 Å². The van der Waals surface area contributed by atoms with Gasteiger partial charge in [-0.25, -0.2) is 8.42 Å². The van der Waals surface area contributed by atoms with Crippen molar-refractivity contribution in [2.75, 3.05) is 24.6 Å². The van der Waals surface area contributed by atoms with E-state index in [1.807, 2.05) is 19.1 Å². The molecule has 1 heterocycles. The quantitative estimate of drug-likeness (QED) is 0.803. The van der Waals surface area contributed by atoms with Gasteiger partial charge in [-0.1, -0.05) is 31.2 Å². The summed E-state index contributed by atoms with van der Waals surface area (Å²) in [4.78, 5) is 14.0. The maximum Gasteiger partial charge on any atom is 0.246 e. The summed E-state index contributed by atoms with van der Waals surface area (Å²) in [7, 11) is -2.99. The van der Waals surface area contributed by atoms with Crippen LogP contribution in [0.4, 0.5) is 0 Å². The number of nitrogens with zero attached hydrogens (tertiary/aromatic N) is 1. The first-order valence-electron chi connectivity index (χ1n) is 7.68. The van der Waals surface area contributed by atoms with Crippen molar-refractivity contribution in [3.05, 3.63) is 41.5 Å². The highest BCUT2D eigenvalue weighted by molar-refractivity contribution is 7.91. The molecule has 2 rings (SSSR count). The van der Waals surface area contributed by atoms with Gasteiger partial charge in [0, 0.05) is 19.2 Å². The van der Waals surface area contributed by atoms with Crippen molar-refractivity contribution in [1.29, 1.82) is 0 Å². The minimum Gasteiger partial charge on any atom is -0.338 e. The molecule has 1 fully saturated rings. The number of hydrogen-bond acceptors (Lipinski definition) is 3. The molecule has 1 amide bonds. The molecule has 0 aliphatic carbocycles. The van der Waals surface area contributed by atoms with Crippen LogP contribution >= 0.6 is 0 Å². The van der Waals surface area contributed by atoms with Crippen LogP contribution < -0.4 is 0 Å². The number of benzene rings is 1. The maximum atomic E-state index is 12.3. The number of carbonyl (C=O) groups excluding carboxylic acids is 1. The molecule has 0 saturated carbocycles. The summed E-state index contributed by atoms with van der Waals surface area (Å²) in [5.41, 5.74) is 3.19. The summed E-state index contributed by atoms with van der Waals surface area (Å²) >= 11 is 0. The van der Waals surface area contributed by atoms with Crippen LogP contribution in [0.25, 0.3) is 5.57 Å². The Morgan fingerprint density at radius 1 is 1.18 bits per heavy atom. The predicted octanol–water partition coefficient (Wildman–Crippen LogP) is 2.30. The lowest BCUT2D eigenvalue weighted by molar-refractivity contribution is -0.125. The molecule has 0 N–H and O–H groups in total. The number of hydrogen-bond donors (Lipinski definition) is 0. The van der Waals surface area contributed by atoms with Crippen LogP contribution in [-0.2, 0) is 21.1 Å². The van der Waals surface area contributed by atoms with Crippen LogP contribution in [0, 0.1) is 0 Å². The number of sulfone groups is 1. The fourth-order valence-corrected chi connectivity index (χ4v) is 3.79. The Kier molecular flexibility index (Phi) is 5.40. The van der Waals surface area contributed by atoms with Crippen LogP contribution in [0.5, 0.6) is 0 Å². The zero-order valence-electron chi connectivity index (χ0n) is 13.2. The van der Waals surface area contributed by atoms with Crippen molar-refractivity contribution in [2.45, 2.75) is 26.7 Å². The Balaban J connectivity index is 2.08. The van der Waals surface area contributed by atoms with Gasteiger partial charge in [0.15, 0.2) is 9.84 Å². The van der Waals surface area contributed by atoms with Gasteiger partial charge < -0.3 is 4.90 Å². The Labute approximate surface area is 132 Å². The van der Waals surface area contributed by atoms with Crippen molar-refractivity contribution in [3.8, 4) is 0 Å². The second-order valence-corrected chi connectivity index (χ2v) is 8.01. The van der Waals surface area contributed by atoms with E-state index in [1.54, 1.807) is 11.0 Å². The Bertz CT molecular complexity index is 660. The molecular weight excluding hydrogens is 298 g/mol. The van der Waals surface area contributed by atoms with Crippen LogP contribution in [-0.4, -0.2) is 43.8 Å². The van der Waals surface area contributed by atoms with E-state index in [9.17, 15) is 13.2 Å². The molecule has 120 valence electrons. The topological polar surface area (TPSA) is 54.5 Å². The zero-order valence-corrected chi connectivity index (χ0v) is 14.0. The highest BCUT2D eigenvalue weighted by Crippen LogP contribution is 2.16. The molecule has 0 unspecified atom stereocenters. The van der Waals surface area contributed by atoms with Crippen LogP contribution in [0.3, 0.4) is 0 Å². The molecule has 22 heavy (non-hydrogen) atoms. The third kappa shape index (κ3) is 4.44. The van der Waals surface area contributed by atoms with E-state index < -0.39 is 9.84 Å². The van der Waals surface area contributed by atoms with Gasteiger partial charge in [-0.05, 0) is 36.5 Å². The molecular formula is C17H23NO3S. The molecule has 1 saturated heterocycles. The SMILES string of the molecule is CCc1ccc(C(C)=CC(=O)N2CCCS(=O)(=O)CC2)cc1. The first kappa shape index (κ1) is 16.7. The smallest absolute Gasteiger partial charge is 0.246 e. The molecule has 1 aliphatic heterocycles. The van der Waals surface area contributed by atoms with Crippen molar-refractivity contribution in [3.63, 3.8) is 0 Å². The first-order chi connectivity index (χ1) is 10.4. The number of rotatable bonds is 3. The standard InChI is InChI=1S/C17H23NO3S/c1-3-15-5-7-16(8-6-15)14(2)13-17(19)18-9-4-11-22(20,21)12-10-18/h5-8,13H,3-4,9-12H2,1-2H3. The molecule has 0 atom stereocenters. The minimum absolute atomic E-state index is 0.0663. The largest absolute Gasteiger partial charge is 0.338 e. The van der Waals surface area contributed by atoms with Crippen LogP contribution in [0.1, 0.15) is 31.4 Å². The van der Waals surface area contributed by atoms with E-state index in [0.29, 0.717) is 19.5 Å². The minimum atomic E-state index is -2.99. The van der Waals surface area contributed by atoms with Crippen molar-refractivity contribution < 1.29 is 13.2 Å². The molecule has 1 aromatic carbocycles. The highest BCUT2D eigenvalue weighted by Gasteiger charge is 2.21. The van der Waals surface area contributed by atoms with E-state index >= 15 is 0 Å². The molecule has 5 heteroatoms. The van der Waals surface area contributed by atoms with E-state index in [4.69, 9.17) is 0 Å². The first-order valence-corrected chi connectivity index (χ1v) is 9.50. The monoisotopic (exact) mass is 321 g/mol. The third-order valence-corrected chi connectivity index (χ3v) is 5.74. The summed E-state index contributed by atoms with van der Waals surface area (Å²) in [6.07, 6.45) is 3.12. The lowest BCUT2D eigenvalue weighted by Crippen LogP contribution is -2.32. The maximum absolute atomic E-state index is 12.3. The second-order valence-electron chi connectivity index (χ2n) is 5.71. The molecule has 0 aromatic heterocycles. The fraction of sp³-hybridized carbons (Fsp3) is 0.471. The number of aryl methyl sites for hydroxylation is 1. The number of allylic oxidation sites excluding steroid dienone is 1. The number of amides is 1. The van der Waals surface area contributed by atoms with Gasteiger partial charge in [0.05, 0.1) is 11.5 Å². The van der Waals surface area contributed by atoms with E-state index in [2.05, 4.69) is 19.1 Å². The lowest BCUT2D eigenvalue weighted by Gasteiger charge is -2.18. The summed E-state index contributed by atoms with van der Waals surface area (Å²) in [6.45, 7) is 4.82. The normalized spacial score (nSPS) is 18.8. The van der Waals surface area contributed by atoms with Gasteiger partial charge >= 0.3 is 0 Å². The van der Waals surface area contributed by atoms with E-state index in [1.165, 1.54) is 5.56 Å². The fourth-order valence-electron chi connectivity index (χ4n) is 2.52. The molecule has 0 bridgehead atoms. The van der Waals surface area contributed by atoms with Gasteiger partial charge in [-0.3, -0.25) is 4.79 Å². The Morgan fingerprint density at radius 3 is 2.50 bits per heavy atom. The highest BCUT2D eigenvalue weighted by atomic mass is 32.2. The predicted molar refractivity (Wildman–Crippen MR) is 89.3 cm³/mol. The van der Waals surface area contributed by atoms with Crippen molar-refractivity contribution >= 4 is 21.3 Å². The van der Waals surface area contributed by atoms with Gasteiger partial charge in [0.2, 0.25) is 5.91 Å². The van der Waals surface area contributed by atoms with Gasteiger partial charge in [-0.15, -0.1) is 0 Å². The Hall–Kier alpha value is -1.62. The van der Waals surface area contributed by atoms with E-state index in [-0.39, 0.29) is 17.4 Å². The molecule has 0 spiro atoms. The molecule has 1 aliphatic rings. The Morgan fingerprint density at radius 2 is 1.86 bits per heavy atom. The van der Waals surface area contributed by atoms with Crippen molar-refractivity contribution in [1.82, 2.24) is 4.90 Å². The van der Waals surface area contributed by atoms with Gasteiger partial charge in [-0.2, -0.15) is 0 Å². The summed E-state index contributed by atoms with van der Waals surface area (Å²) in [5, 5.41) is 0. The van der Waals surface area contributed by atoms with Crippen LogP contribution in [0.2, 0.25) is 0 Å². The average molecular weight is 321 g/mol. The van der Waals surface area contributed by atoms with Crippen LogP contribution in [0.15, 0.2) is 30.3 Å². The second kappa shape index (κ2) is 7.09. The lowest BCUT2D eigenvalue weighted by atomic mass is 10.0. The molecule has 4 nitrogen and oxygen atoms in total. The average Bonchev–Trinajstić information content (AvgIpc) is 2.68. The van der Waals surface area contributed by atoms with Gasteiger partial charge in [0.1, 0.15) is 0 Å². The number of carbonyl (C=O) groups is 1. The zero-order chi connectivity index (χ0) is 16.2. The molecule has 0 radical (unpaired) electrons. The summed E-state index contributed by atoms with van der Waals surface area (Å²) in [6, 6.07) is 8.17. The van der Waals surface area contributed by atoms with Crippen molar-refractivity contribution in [2.24, 2.45) is 0 Å². The molecule has 1 aromatic rings. The third-order valence-electron chi connectivity index (χ3n) is 4.02.